The fraction of sp³-hybridized carbons (Fsp3) is 0.294. The zero-order valence-corrected chi connectivity index (χ0v) is 11.8. The molecule has 2 N–H and O–H groups in total. The first-order chi connectivity index (χ1) is 9.44. The molecule has 106 valence electrons. The van der Waals surface area contributed by atoms with Gasteiger partial charge >= 0.3 is 0 Å². The second-order valence-electron chi connectivity index (χ2n) is 5.38. The summed E-state index contributed by atoms with van der Waals surface area (Å²) in [4.78, 5) is 0. The zero-order chi connectivity index (χ0) is 14.7. The zero-order valence-electron chi connectivity index (χ0n) is 11.8. The van der Waals surface area contributed by atoms with Gasteiger partial charge in [0.05, 0.1) is 0 Å². The molecule has 2 rings (SSSR count). The summed E-state index contributed by atoms with van der Waals surface area (Å²) in [6.45, 7) is 4.08. The molecule has 0 saturated carbocycles. The summed E-state index contributed by atoms with van der Waals surface area (Å²) in [7, 11) is 0. The minimum Gasteiger partial charge on any atom is -0.327 e. The molecule has 1 atom stereocenters. The highest BCUT2D eigenvalue weighted by molar-refractivity contribution is 5.31. The Hall–Kier alpha value is -1.74. The van der Waals surface area contributed by atoms with E-state index >= 15 is 0 Å². The maximum Gasteiger partial charge on any atom is 0.126 e. The first-order valence-corrected chi connectivity index (χ1v) is 6.70. The van der Waals surface area contributed by atoms with Gasteiger partial charge in [-0.15, -0.1) is 0 Å². The van der Waals surface area contributed by atoms with E-state index in [0.29, 0.717) is 18.4 Å². The predicted molar refractivity (Wildman–Crippen MR) is 77.7 cm³/mol. The standard InChI is InChI=1S/C17H19F2N/c1-11-3-4-12(2)14(5-11)9-17(20)8-13-6-15(18)10-16(19)7-13/h3-7,10,17H,8-9,20H2,1-2H3. The average molecular weight is 275 g/mol. The molecule has 3 heteroatoms. The van der Waals surface area contributed by atoms with E-state index in [9.17, 15) is 8.78 Å². The molecule has 1 nitrogen and oxygen atoms in total. The molecule has 2 aromatic carbocycles. The van der Waals surface area contributed by atoms with Gasteiger partial charge in [0.25, 0.3) is 0 Å². The molecule has 0 aliphatic heterocycles. The Morgan fingerprint density at radius 1 is 0.950 bits per heavy atom. The third kappa shape index (κ3) is 3.87. The third-order valence-corrected chi connectivity index (χ3v) is 3.41. The summed E-state index contributed by atoms with van der Waals surface area (Å²) < 4.78 is 26.3. The van der Waals surface area contributed by atoms with Crippen molar-refractivity contribution in [1.82, 2.24) is 0 Å². The third-order valence-electron chi connectivity index (χ3n) is 3.41. The van der Waals surface area contributed by atoms with Crippen LogP contribution in [0.2, 0.25) is 0 Å². The lowest BCUT2D eigenvalue weighted by atomic mass is 9.95. The average Bonchev–Trinajstić information content (AvgIpc) is 2.32. The largest absolute Gasteiger partial charge is 0.327 e. The van der Waals surface area contributed by atoms with Crippen molar-refractivity contribution in [3.8, 4) is 0 Å². The maximum absolute atomic E-state index is 13.1. The summed E-state index contributed by atoms with van der Waals surface area (Å²) in [5.74, 6) is -1.11. The Morgan fingerprint density at radius 3 is 2.25 bits per heavy atom. The summed E-state index contributed by atoms with van der Waals surface area (Å²) >= 11 is 0. The monoisotopic (exact) mass is 275 g/mol. The van der Waals surface area contributed by atoms with Crippen molar-refractivity contribution >= 4 is 0 Å². The van der Waals surface area contributed by atoms with Gasteiger partial charge in [0, 0.05) is 12.1 Å². The molecule has 0 aliphatic carbocycles. The molecule has 0 bridgehead atoms. The number of halogens is 2. The topological polar surface area (TPSA) is 26.0 Å². The van der Waals surface area contributed by atoms with Gasteiger partial charge in [0.15, 0.2) is 0 Å². The molecule has 1 unspecified atom stereocenters. The summed E-state index contributed by atoms with van der Waals surface area (Å²) in [6, 6.07) is 9.64. The number of nitrogens with two attached hydrogens (primary N) is 1. The van der Waals surface area contributed by atoms with Gasteiger partial charge in [-0.3, -0.25) is 0 Å². The highest BCUT2D eigenvalue weighted by atomic mass is 19.1. The summed E-state index contributed by atoms with van der Waals surface area (Å²) in [5, 5.41) is 0. The van der Waals surface area contributed by atoms with Crippen molar-refractivity contribution in [2.45, 2.75) is 32.7 Å². The Kier molecular flexibility index (Phi) is 4.50. The van der Waals surface area contributed by atoms with E-state index < -0.39 is 11.6 Å². The van der Waals surface area contributed by atoms with Crippen molar-refractivity contribution in [3.05, 3.63) is 70.3 Å². The van der Waals surface area contributed by atoms with E-state index in [1.807, 2.05) is 13.8 Å². The van der Waals surface area contributed by atoms with Gasteiger partial charge < -0.3 is 5.73 Å². The first kappa shape index (κ1) is 14.7. The molecular formula is C17H19F2N. The SMILES string of the molecule is Cc1ccc(C)c(CC(N)Cc2cc(F)cc(F)c2)c1. The van der Waals surface area contributed by atoms with Gasteiger partial charge in [-0.1, -0.05) is 23.8 Å². The lowest BCUT2D eigenvalue weighted by Crippen LogP contribution is -2.26. The Balaban J connectivity index is 2.08. The summed E-state index contributed by atoms with van der Waals surface area (Å²) in [5.41, 5.74) is 10.3. The van der Waals surface area contributed by atoms with Crippen molar-refractivity contribution in [3.63, 3.8) is 0 Å². The van der Waals surface area contributed by atoms with Crippen LogP contribution in [0.4, 0.5) is 8.78 Å². The van der Waals surface area contributed by atoms with Crippen LogP contribution in [-0.4, -0.2) is 6.04 Å². The van der Waals surface area contributed by atoms with Gasteiger partial charge in [-0.2, -0.15) is 0 Å². The highest BCUT2D eigenvalue weighted by Crippen LogP contribution is 2.15. The lowest BCUT2D eigenvalue weighted by Gasteiger charge is -2.14. The number of hydrogen-bond acceptors (Lipinski definition) is 1. The molecule has 0 radical (unpaired) electrons. The van der Waals surface area contributed by atoms with Crippen LogP contribution in [0, 0.1) is 25.5 Å². The van der Waals surface area contributed by atoms with E-state index in [1.165, 1.54) is 28.8 Å². The number of rotatable bonds is 4. The van der Waals surface area contributed by atoms with E-state index in [0.717, 1.165) is 6.07 Å². The Morgan fingerprint density at radius 2 is 1.60 bits per heavy atom. The van der Waals surface area contributed by atoms with Crippen LogP contribution in [0.3, 0.4) is 0 Å². The molecule has 0 aromatic heterocycles. The van der Waals surface area contributed by atoms with Crippen molar-refractivity contribution in [2.75, 3.05) is 0 Å². The van der Waals surface area contributed by atoms with Crippen LogP contribution < -0.4 is 5.73 Å². The van der Waals surface area contributed by atoms with Crippen molar-refractivity contribution < 1.29 is 8.78 Å². The first-order valence-electron chi connectivity index (χ1n) is 6.70. The molecule has 0 fully saturated rings. The Labute approximate surface area is 118 Å². The predicted octanol–water partition coefficient (Wildman–Crippen LogP) is 3.69. The highest BCUT2D eigenvalue weighted by Gasteiger charge is 2.09. The number of benzene rings is 2. The molecule has 2 aromatic rings. The molecular weight excluding hydrogens is 256 g/mol. The van der Waals surface area contributed by atoms with Crippen LogP contribution >= 0.6 is 0 Å². The minimum absolute atomic E-state index is 0.156. The molecule has 0 heterocycles. The van der Waals surface area contributed by atoms with E-state index in [4.69, 9.17) is 5.73 Å². The van der Waals surface area contributed by atoms with Crippen molar-refractivity contribution in [2.24, 2.45) is 5.73 Å². The quantitative estimate of drug-likeness (QED) is 0.904. The molecule has 0 spiro atoms. The molecule has 0 saturated heterocycles. The molecule has 20 heavy (non-hydrogen) atoms. The van der Waals surface area contributed by atoms with Crippen LogP contribution in [0.5, 0.6) is 0 Å². The maximum atomic E-state index is 13.1. The smallest absolute Gasteiger partial charge is 0.126 e. The van der Waals surface area contributed by atoms with Crippen LogP contribution in [0.1, 0.15) is 22.3 Å². The molecule has 0 aliphatic rings. The lowest BCUT2D eigenvalue weighted by molar-refractivity contribution is 0.574. The second kappa shape index (κ2) is 6.14. The van der Waals surface area contributed by atoms with Gasteiger partial charge in [-0.25, -0.2) is 8.78 Å². The van der Waals surface area contributed by atoms with Gasteiger partial charge in [-0.05, 0) is 55.5 Å². The summed E-state index contributed by atoms with van der Waals surface area (Å²) in [6.07, 6.45) is 1.16. The van der Waals surface area contributed by atoms with Crippen LogP contribution in [0.15, 0.2) is 36.4 Å². The van der Waals surface area contributed by atoms with E-state index in [-0.39, 0.29) is 6.04 Å². The number of aryl methyl sites for hydroxylation is 2. The number of hydrogen-bond donors (Lipinski definition) is 1. The normalized spacial score (nSPS) is 12.4. The van der Waals surface area contributed by atoms with Crippen LogP contribution in [-0.2, 0) is 12.8 Å². The molecule has 0 amide bonds. The van der Waals surface area contributed by atoms with Gasteiger partial charge in [0.1, 0.15) is 11.6 Å². The fourth-order valence-electron chi connectivity index (χ4n) is 2.41. The van der Waals surface area contributed by atoms with Crippen molar-refractivity contribution in [1.29, 1.82) is 0 Å². The Bertz CT molecular complexity index is 588. The van der Waals surface area contributed by atoms with Crippen LogP contribution in [0.25, 0.3) is 0 Å². The fourth-order valence-corrected chi connectivity index (χ4v) is 2.41. The van der Waals surface area contributed by atoms with E-state index in [2.05, 4.69) is 18.2 Å². The second-order valence-corrected chi connectivity index (χ2v) is 5.38. The minimum atomic E-state index is -0.557. The van der Waals surface area contributed by atoms with E-state index in [1.54, 1.807) is 0 Å². The van der Waals surface area contributed by atoms with Gasteiger partial charge in [0.2, 0.25) is 0 Å².